The van der Waals surface area contributed by atoms with Gasteiger partial charge in [-0.15, -0.1) is 0 Å². The maximum Gasteiger partial charge on any atom is 0.322 e. The molecule has 16 heavy (non-hydrogen) atoms. The van der Waals surface area contributed by atoms with Crippen LogP contribution < -0.4 is 4.74 Å². The molecule has 1 atom stereocenters. The van der Waals surface area contributed by atoms with Crippen LogP contribution in [0.25, 0.3) is 0 Å². The second-order valence-corrected chi connectivity index (χ2v) is 5.67. The van der Waals surface area contributed by atoms with Gasteiger partial charge in [0.25, 0.3) is 0 Å². The number of ether oxygens (including phenoxy) is 2. The van der Waals surface area contributed by atoms with Gasteiger partial charge in [-0.2, -0.15) is 0 Å². The number of alkyl halides is 1. The minimum atomic E-state index is -0.475. The summed E-state index contributed by atoms with van der Waals surface area (Å²) in [4.78, 5) is 10.7. The highest BCUT2D eigenvalue weighted by Gasteiger charge is 2.17. The van der Waals surface area contributed by atoms with Crippen molar-refractivity contribution in [3.05, 3.63) is 27.1 Å². The van der Waals surface area contributed by atoms with E-state index in [4.69, 9.17) is 4.74 Å². The molecule has 1 aromatic rings. The van der Waals surface area contributed by atoms with E-state index in [0.717, 1.165) is 8.95 Å². The number of benzene rings is 1. The standard InChI is InChI=1S/C10H9Br3O3/c1-15-10(14)8(13)5-16-9-6(11)3-2-4-7(9)12/h2-4,8H,5H2,1H3. The average molecular weight is 417 g/mol. The number of carbonyl (C=O) groups is 1. The molecule has 88 valence electrons. The van der Waals surface area contributed by atoms with E-state index in [1.165, 1.54) is 7.11 Å². The molecule has 0 aromatic heterocycles. The molecule has 0 radical (unpaired) electrons. The predicted octanol–water partition coefficient (Wildman–Crippen LogP) is 3.53. The number of esters is 1. The minimum absolute atomic E-state index is 0.202. The Hall–Kier alpha value is -0.0700. The quantitative estimate of drug-likeness (QED) is 0.556. The Morgan fingerprint density at radius 3 is 2.44 bits per heavy atom. The number of rotatable bonds is 4. The first-order valence-electron chi connectivity index (χ1n) is 4.35. The maximum absolute atomic E-state index is 11.1. The van der Waals surface area contributed by atoms with Crippen molar-refractivity contribution in [2.24, 2.45) is 0 Å². The predicted molar refractivity (Wildman–Crippen MR) is 72.1 cm³/mol. The van der Waals surface area contributed by atoms with E-state index in [-0.39, 0.29) is 12.6 Å². The van der Waals surface area contributed by atoms with E-state index in [1.807, 2.05) is 18.2 Å². The van der Waals surface area contributed by atoms with Crippen molar-refractivity contribution in [3.63, 3.8) is 0 Å². The largest absolute Gasteiger partial charge is 0.489 e. The molecular formula is C10H9Br3O3. The molecule has 3 nitrogen and oxygen atoms in total. The Balaban J connectivity index is 2.64. The van der Waals surface area contributed by atoms with Gasteiger partial charge < -0.3 is 9.47 Å². The Labute approximate surface area is 119 Å². The zero-order valence-electron chi connectivity index (χ0n) is 8.38. The van der Waals surface area contributed by atoms with Crippen LogP contribution in [0.3, 0.4) is 0 Å². The first-order chi connectivity index (χ1) is 7.56. The normalized spacial score (nSPS) is 12.0. The molecule has 0 amide bonds. The lowest BCUT2D eigenvalue weighted by Crippen LogP contribution is -2.23. The number of hydrogen-bond acceptors (Lipinski definition) is 3. The fraction of sp³-hybridized carbons (Fsp3) is 0.300. The van der Waals surface area contributed by atoms with Crippen LogP contribution in [-0.2, 0) is 9.53 Å². The average Bonchev–Trinajstić information content (AvgIpc) is 2.27. The Morgan fingerprint density at radius 1 is 1.38 bits per heavy atom. The van der Waals surface area contributed by atoms with Crippen LogP contribution >= 0.6 is 47.8 Å². The highest BCUT2D eigenvalue weighted by Crippen LogP contribution is 2.33. The van der Waals surface area contributed by atoms with Gasteiger partial charge in [0.1, 0.15) is 17.2 Å². The lowest BCUT2D eigenvalue weighted by Gasteiger charge is -2.12. The van der Waals surface area contributed by atoms with Gasteiger partial charge in [0.05, 0.1) is 16.1 Å². The van der Waals surface area contributed by atoms with E-state index >= 15 is 0 Å². The van der Waals surface area contributed by atoms with Crippen LogP contribution in [0.1, 0.15) is 0 Å². The number of carbonyl (C=O) groups excluding carboxylic acids is 1. The molecule has 0 fully saturated rings. The second-order valence-electron chi connectivity index (χ2n) is 2.85. The van der Waals surface area contributed by atoms with Gasteiger partial charge in [0.2, 0.25) is 0 Å². The molecule has 1 unspecified atom stereocenters. The summed E-state index contributed by atoms with van der Waals surface area (Å²) in [6, 6.07) is 5.61. The maximum atomic E-state index is 11.1. The fourth-order valence-electron chi connectivity index (χ4n) is 0.973. The number of halogens is 3. The summed E-state index contributed by atoms with van der Waals surface area (Å²) < 4.78 is 11.7. The smallest absolute Gasteiger partial charge is 0.322 e. The highest BCUT2D eigenvalue weighted by atomic mass is 79.9. The minimum Gasteiger partial charge on any atom is -0.489 e. The summed E-state index contributed by atoms with van der Waals surface area (Å²) in [5, 5.41) is 0. The van der Waals surface area contributed by atoms with Crippen LogP contribution in [0.15, 0.2) is 27.1 Å². The second kappa shape index (κ2) is 6.61. The monoisotopic (exact) mass is 414 g/mol. The van der Waals surface area contributed by atoms with Crippen LogP contribution in [0.2, 0.25) is 0 Å². The van der Waals surface area contributed by atoms with Crippen molar-refractivity contribution in [1.82, 2.24) is 0 Å². The Morgan fingerprint density at radius 2 is 1.94 bits per heavy atom. The zero-order valence-corrected chi connectivity index (χ0v) is 13.1. The van der Waals surface area contributed by atoms with Crippen LogP contribution in [-0.4, -0.2) is 24.5 Å². The van der Waals surface area contributed by atoms with Crippen molar-refractivity contribution in [2.75, 3.05) is 13.7 Å². The highest BCUT2D eigenvalue weighted by molar-refractivity contribution is 9.11. The van der Waals surface area contributed by atoms with Gasteiger partial charge in [0, 0.05) is 0 Å². The molecule has 0 aliphatic carbocycles. The van der Waals surface area contributed by atoms with Gasteiger partial charge in [0.15, 0.2) is 0 Å². The topological polar surface area (TPSA) is 35.5 Å². The van der Waals surface area contributed by atoms with Gasteiger partial charge in [-0.1, -0.05) is 22.0 Å². The molecule has 1 rings (SSSR count). The summed E-state index contributed by atoms with van der Waals surface area (Å²) in [5.41, 5.74) is 0. The fourth-order valence-corrected chi connectivity index (χ4v) is 2.52. The van der Waals surface area contributed by atoms with Crippen molar-refractivity contribution in [3.8, 4) is 5.75 Å². The van der Waals surface area contributed by atoms with Crippen LogP contribution in [0, 0.1) is 0 Å². The summed E-state index contributed by atoms with van der Waals surface area (Å²) in [6.07, 6.45) is 0. The summed E-state index contributed by atoms with van der Waals surface area (Å²) in [5.74, 6) is 0.305. The van der Waals surface area contributed by atoms with Gasteiger partial charge in [-0.25, -0.2) is 0 Å². The first-order valence-corrected chi connectivity index (χ1v) is 6.85. The number of para-hydroxylation sites is 1. The molecule has 0 aliphatic heterocycles. The van der Waals surface area contributed by atoms with Crippen LogP contribution in [0.5, 0.6) is 5.75 Å². The molecule has 1 aromatic carbocycles. The first kappa shape index (κ1) is 14.0. The number of hydrogen-bond donors (Lipinski definition) is 0. The third-order valence-electron chi connectivity index (χ3n) is 1.75. The van der Waals surface area contributed by atoms with Gasteiger partial charge in [-0.3, -0.25) is 4.79 Å². The summed E-state index contributed by atoms with van der Waals surface area (Å²) >= 11 is 9.91. The van der Waals surface area contributed by atoms with Crippen molar-refractivity contribution >= 4 is 53.8 Å². The molecule has 0 heterocycles. The molecule has 0 N–H and O–H groups in total. The van der Waals surface area contributed by atoms with Crippen molar-refractivity contribution in [1.29, 1.82) is 0 Å². The molecule has 0 spiro atoms. The number of methoxy groups -OCH3 is 1. The van der Waals surface area contributed by atoms with Crippen molar-refractivity contribution < 1.29 is 14.3 Å². The molecule has 0 aliphatic rings. The van der Waals surface area contributed by atoms with E-state index in [1.54, 1.807) is 0 Å². The SMILES string of the molecule is COC(=O)C(Br)COc1c(Br)cccc1Br. The molecular weight excluding hydrogens is 408 g/mol. The molecule has 0 saturated heterocycles. The van der Waals surface area contributed by atoms with E-state index in [2.05, 4.69) is 52.5 Å². The zero-order chi connectivity index (χ0) is 12.1. The molecule has 0 bridgehead atoms. The lowest BCUT2D eigenvalue weighted by molar-refractivity contribution is -0.140. The third kappa shape index (κ3) is 3.75. The van der Waals surface area contributed by atoms with Gasteiger partial charge >= 0.3 is 5.97 Å². The summed E-state index contributed by atoms with van der Waals surface area (Å²) in [7, 11) is 1.34. The summed E-state index contributed by atoms with van der Waals surface area (Å²) in [6.45, 7) is 0.202. The molecule has 0 saturated carbocycles. The third-order valence-corrected chi connectivity index (χ3v) is 3.64. The van der Waals surface area contributed by atoms with E-state index in [9.17, 15) is 4.79 Å². The lowest BCUT2D eigenvalue weighted by atomic mass is 10.3. The molecule has 6 heteroatoms. The Kier molecular flexibility index (Phi) is 5.78. The van der Waals surface area contributed by atoms with Gasteiger partial charge in [-0.05, 0) is 44.0 Å². The van der Waals surface area contributed by atoms with Crippen LogP contribution in [0.4, 0.5) is 0 Å². The van der Waals surface area contributed by atoms with Crippen molar-refractivity contribution in [2.45, 2.75) is 4.83 Å². The van der Waals surface area contributed by atoms with E-state index < -0.39 is 4.83 Å². The Bertz CT molecular complexity index is 361. The van der Waals surface area contributed by atoms with E-state index in [0.29, 0.717) is 5.75 Å².